The highest BCUT2D eigenvalue weighted by Crippen LogP contribution is 1.73. The minimum Gasteiger partial charge on any atom is -0.478 e. The number of hydrogen-bond acceptors (Lipinski definition) is 3. The molecular formula is C9H9NO4. The lowest BCUT2D eigenvalue weighted by atomic mass is 10.5. The van der Waals surface area contributed by atoms with Gasteiger partial charge in [-0.3, -0.25) is 4.98 Å². The summed E-state index contributed by atoms with van der Waals surface area (Å²) >= 11 is 0. The van der Waals surface area contributed by atoms with E-state index in [0.717, 1.165) is 0 Å². The van der Waals surface area contributed by atoms with E-state index in [4.69, 9.17) is 10.2 Å². The molecule has 0 aromatic carbocycles. The van der Waals surface area contributed by atoms with Crippen LogP contribution < -0.4 is 0 Å². The first-order valence-corrected chi connectivity index (χ1v) is 3.62. The van der Waals surface area contributed by atoms with Gasteiger partial charge < -0.3 is 10.2 Å². The maximum Gasteiger partial charge on any atom is 0.328 e. The van der Waals surface area contributed by atoms with Crippen LogP contribution in [0.1, 0.15) is 0 Å². The quantitative estimate of drug-likeness (QED) is 0.681. The number of carboxylic acid groups (broad SMARTS) is 2. The molecule has 0 atom stereocenters. The Morgan fingerprint density at radius 3 is 1.50 bits per heavy atom. The summed E-state index contributed by atoms with van der Waals surface area (Å²) in [6.45, 7) is 0. The van der Waals surface area contributed by atoms with E-state index in [0.29, 0.717) is 12.2 Å². The molecule has 74 valence electrons. The van der Waals surface area contributed by atoms with Crippen LogP contribution in [0.15, 0.2) is 42.7 Å². The average Bonchev–Trinajstić information content (AvgIpc) is 2.18. The van der Waals surface area contributed by atoms with Crippen molar-refractivity contribution in [3.05, 3.63) is 42.7 Å². The van der Waals surface area contributed by atoms with Crippen molar-refractivity contribution in [3.63, 3.8) is 0 Å². The molecule has 1 aromatic rings. The van der Waals surface area contributed by atoms with Gasteiger partial charge in [-0.05, 0) is 12.1 Å². The number of rotatable bonds is 2. The molecule has 0 fully saturated rings. The van der Waals surface area contributed by atoms with Gasteiger partial charge in [-0.1, -0.05) is 6.07 Å². The van der Waals surface area contributed by atoms with Crippen molar-refractivity contribution in [3.8, 4) is 0 Å². The Morgan fingerprint density at radius 2 is 1.36 bits per heavy atom. The van der Waals surface area contributed by atoms with Gasteiger partial charge in [0.2, 0.25) is 0 Å². The summed E-state index contributed by atoms with van der Waals surface area (Å²) in [6.07, 6.45) is 4.62. The van der Waals surface area contributed by atoms with Gasteiger partial charge in [0.15, 0.2) is 0 Å². The monoisotopic (exact) mass is 195 g/mol. The lowest BCUT2D eigenvalue weighted by Gasteiger charge is -1.74. The fourth-order valence-corrected chi connectivity index (χ4v) is 0.455. The van der Waals surface area contributed by atoms with Crippen LogP contribution in [0.5, 0.6) is 0 Å². The summed E-state index contributed by atoms with van der Waals surface area (Å²) in [5.74, 6) is -2.51. The highest BCUT2D eigenvalue weighted by molar-refractivity contribution is 5.89. The molecule has 0 radical (unpaired) electrons. The van der Waals surface area contributed by atoms with Gasteiger partial charge in [-0.15, -0.1) is 0 Å². The molecule has 0 bridgehead atoms. The standard InChI is InChI=1S/C5H5N.C4H4O4/c1-2-4-6-5-3-1;5-3(6)1-2-4(7)8/h1-5H;1-2H,(H,5,6)(H,7,8). The van der Waals surface area contributed by atoms with Gasteiger partial charge in [0.1, 0.15) is 0 Å². The molecule has 1 aromatic heterocycles. The highest BCUT2D eigenvalue weighted by Gasteiger charge is 1.88. The normalized spacial score (nSPS) is 8.86. The number of carboxylic acids is 2. The first kappa shape index (κ1) is 11.8. The molecule has 0 amide bonds. The number of nitrogens with zero attached hydrogens (tertiary/aromatic N) is 1. The third-order valence-electron chi connectivity index (χ3n) is 0.935. The minimum atomic E-state index is -1.26. The number of aliphatic carboxylic acids is 2. The summed E-state index contributed by atoms with van der Waals surface area (Å²) in [5.41, 5.74) is 0. The number of pyridine rings is 1. The lowest BCUT2D eigenvalue weighted by Crippen LogP contribution is -1.91. The molecule has 0 aliphatic carbocycles. The third-order valence-corrected chi connectivity index (χ3v) is 0.935. The Balaban J connectivity index is 0.000000249. The van der Waals surface area contributed by atoms with Crippen molar-refractivity contribution in [2.75, 3.05) is 0 Å². The summed E-state index contributed by atoms with van der Waals surface area (Å²) in [7, 11) is 0. The van der Waals surface area contributed by atoms with Crippen molar-refractivity contribution in [1.29, 1.82) is 0 Å². The molecule has 14 heavy (non-hydrogen) atoms. The van der Waals surface area contributed by atoms with Crippen LogP contribution in [0, 0.1) is 0 Å². The zero-order valence-electron chi connectivity index (χ0n) is 7.20. The molecule has 0 aliphatic rings. The molecule has 1 heterocycles. The zero-order valence-corrected chi connectivity index (χ0v) is 7.20. The van der Waals surface area contributed by atoms with E-state index in [1.807, 2.05) is 18.2 Å². The van der Waals surface area contributed by atoms with Crippen LogP contribution in [-0.4, -0.2) is 27.1 Å². The van der Waals surface area contributed by atoms with Crippen LogP contribution in [0.3, 0.4) is 0 Å². The third kappa shape index (κ3) is 9.83. The van der Waals surface area contributed by atoms with Crippen LogP contribution >= 0.6 is 0 Å². The van der Waals surface area contributed by atoms with Crippen molar-refractivity contribution < 1.29 is 19.8 Å². The Morgan fingerprint density at radius 1 is 0.929 bits per heavy atom. The molecule has 1 rings (SSSR count). The number of carbonyl (C=O) groups is 2. The van der Waals surface area contributed by atoms with Crippen LogP contribution in [0.2, 0.25) is 0 Å². The van der Waals surface area contributed by atoms with Crippen molar-refractivity contribution in [1.82, 2.24) is 4.98 Å². The first-order valence-electron chi connectivity index (χ1n) is 3.62. The number of aromatic nitrogens is 1. The van der Waals surface area contributed by atoms with Gasteiger partial charge in [0.25, 0.3) is 0 Å². The smallest absolute Gasteiger partial charge is 0.328 e. The van der Waals surface area contributed by atoms with E-state index in [2.05, 4.69) is 4.98 Å². The second-order valence-corrected chi connectivity index (χ2v) is 2.03. The summed E-state index contributed by atoms with van der Waals surface area (Å²) in [6, 6.07) is 5.72. The van der Waals surface area contributed by atoms with Crippen molar-refractivity contribution in [2.45, 2.75) is 0 Å². The maximum atomic E-state index is 9.55. The molecule has 0 unspecified atom stereocenters. The minimum absolute atomic E-state index is 0.558. The van der Waals surface area contributed by atoms with Crippen molar-refractivity contribution in [2.24, 2.45) is 0 Å². The maximum absolute atomic E-state index is 9.55. The summed E-state index contributed by atoms with van der Waals surface area (Å²) < 4.78 is 0. The Kier molecular flexibility index (Phi) is 6.32. The molecule has 2 N–H and O–H groups in total. The van der Waals surface area contributed by atoms with Gasteiger partial charge in [-0.2, -0.15) is 0 Å². The summed E-state index contributed by atoms with van der Waals surface area (Å²) in [4.78, 5) is 22.9. The Bertz CT molecular complexity index is 265. The van der Waals surface area contributed by atoms with Gasteiger partial charge in [0.05, 0.1) is 0 Å². The SMILES string of the molecule is O=C(O)C=CC(=O)O.c1ccncc1. The number of hydrogen-bond donors (Lipinski definition) is 2. The second-order valence-electron chi connectivity index (χ2n) is 2.03. The highest BCUT2D eigenvalue weighted by atomic mass is 16.4. The van der Waals surface area contributed by atoms with Gasteiger partial charge in [-0.25, -0.2) is 9.59 Å². The van der Waals surface area contributed by atoms with Crippen LogP contribution in [0.4, 0.5) is 0 Å². The van der Waals surface area contributed by atoms with E-state index in [-0.39, 0.29) is 0 Å². The molecular weight excluding hydrogens is 186 g/mol. The van der Waals surface area contributed by atoms with E-state index in [1.165, 1.54) is 0 Å². The fraction of sp³-hybridized carbons (Fsp3) is 0. The fourth-order valence-electron chi connectivity index (χ4n) is 0.455. The Labute approximate surface area is 80.3 Å². The molecule has 5 heteroatoms. The largest absolute Gasteiger partial charge is 0.478 e. The topological polar surface area (TPSA) is 87.5 Å². The predicted octanol–water partition coefficient (Wildman–Crippen LogP) is 0.793. The molecule has 0 saturated heterocycles. The predicted molar refractivity (Wildman–Crippen MR) is 48.6 cm³/mol. The lowest BCUT2D eigenvalue weighted by molar-refractivity contribution is -0.134. The average molecular weight is 195 g/mol. The van der Waals surface area contributed by atoms with E-state index < -0.39 is 11.9 Å². The molecule has 5 nitrogen and oxygen atoms in total. The van der Waals surface area contributed by atoms with Crippen LogP contribution in [0.25, 0.3) is 0 Å². The Hall–Kier alpha value is -2.17. The summed E-state index contributed by atoms with van der Waals surface area (Å²) in [5, 5.41) is 15.6. The van der Waals surface area contributed by atoms with Gasteiger partial charge in [0, 0.05) is 24.5 Å². The molecule has 0 saturated carbocycles. The van der Waals surface area contributed by atoms with Gasteiger partial charge >= 0.3 is 11.9 Å². The van der Waals surface area contributed by atoms with Crippen LogP contribution in [-0.2, 0) is 9.59 Å². The second kappa shape index (κ2) is 7.48. The van der Waals surface area contributed by atoms with E-state index in [9.17, 15) is 9.59 Å². The van der Waals surface area contributed by atoms with E-state index in [1.54, 1.807) is 12.4 Å². The van der Waals surface area contributed by atoms with Crippen molar-refractivity contribution >= 4 is 11.9 Å². The molecule has 0 spiro atoms. The molecule has 0 aliphatic heterocycles. The zero-order chi connectivity index (χ0) is 10.8. The van der Waals surface area contributed by atoms with E-state index >= 15 is 0 Å². The first-order chi connectivity index (χ1) is 6.63.